The molecule has 0 fully saturated rings. The van der Waals surface area contributed by atoms with Crippen LogP contribution in [0.25, 0.3) is 11.4 Å². The summed E-state index contributed by atoms with van der Waals surface area (Å²) < 4.78 is 5.30. The number of anilines is 1. The average Bonchev–Trinajstić information content (AvgIpc) is 3.24. The van der Waals surface area contributed by atoms with Crippen LogP contribution in [0.1, 0.15) is 30.0 Å². The number of ether oxygens (including phenoxy) is 1. The molecule has 0 radical (unpaired) electrons. The smallest absolute Gasteiger partial charge is 0.278 e. The van der Waals surface area contributed by atoms with Crippen molar-refractivity contribution in [2.75, 3.05) is 12.4 Å². The third-order valence-electron chi connectivity index (χ3n) is 3.56. The first-order chi connectivity index (χ1) is 12.1. The van der Waals surface area contributed by atoms with Crippen LogP contribution in [-0.4, -0.2) is 38.4 Å². The van der Waals surface area contributed by atoms with Gasteiger partial charge in [-0.1, -0.05) is 26.0 Å². The van der Waals surface area contributed by atoms with E-state index in [1.165, 1.54) is 0 Å². The number of rotatable bonds is 6. The maximum atomic E-state index is 12.3. The molecule has 130 valence electrons. The van der Waals surface area contributed by atoms with Gasteiger partial charge in [-0.05, 0) is 30.5 Å². The molecule has 2 aromatic heterocycles. The van der Waals surface area contributed by atoms with E-state index in [0.717, 1.165) is 17.7 Å². The lowest BCUT2D eigenvalue weighted by Crippen LogP contribution is -2.13. The molecular weight excluding hydrogens is 320 g/mol. The summed E-state index contributed by atoms with van der Waals surface area (Å²) in [6.45, 7) is 4.21. The summed E-state index contributed by atoms with van der Waals surface area (Å²) in [6.07, 6.45) is 0.832. The molecule has 8 nitrogen and oxygen atoms in total. The van der Waals surface area contributed by atoms with E-state index in [9.17, 15) is 4.79 Å². The number of H-pyrrole nitrogens is 2. The second kappa shape index (κ2) is 7.16. The molecular formula is C17H20N6O2. The van der Waals surface area contributed by atoms with Gasteiger partial charge in [0.25, 0.3) is 5.91 Å². The standard InChI is InChI=1S/C17H20N6O2/c1-10(2)8-11-9-13(21-20-11)16(24)19-17-18-15(22-23-17)12-6-4-5-7-14(12)25-3/h4-7,9-10H,8H2,1-3H3,(H,20,21)(H2,18,19,22,23,24). The van der Waals surface area contributed by atoms with Gasteiger partial charge in [0.2, 0.25) is 5.95 Å². The minimum Gasteiger partial charge on any atom is -0.496 e. The number of amides is 1. The Bertz CT molecular complexity index is 867. The highest BCUT2D eigenvalue weighted by Crippen LogP contribution is 2.27. The van der Waals surface area contributed by atoms with E-state index in [4.69, 9.17) is 4.74 Å². The van der Waals surface area contributed by atoms with Crippen molar-refractivity contribution in [3.8, 4) is 17.1 Å². The van der Waals surface area contributed by atoms with Crippen LogP contribution >= 0.6 is 0 Å². The number of aromatic nitrogens is 5. The molecule has 0 bridgehead atoms. The molecule has 3 rings (SSSR count). The Kier molecular flexibility index (Phi) is 4.78. The fraction of sp³-hybridized carbons (Fsp3) is 0.294. The quantitative estimate of drug-likeness (QED) is 0.639. The van der Waals surface area contributed by atoms with Gasteiger partial charge in [-0.3, -0.25) is 20.3 Å². The second-order valence-corrected chi connectivity index (χ2v) is 6.04. The third kappa shape index (κ3) is 3.85. The third-order valence-corrected chi connectivity index (χ3v) is 3.56. The number of methoxy groups -OCH3 is 1. The summed E-state index contributed by atoms with van der Waals surface area (Å²) in [7, 11) is 1.59. The fourth-order valence-electron chi connectivity index (χ4n) is 2.47. The number of aromatic amines is 2. The fourth-order valence-corrected chi connectivity index (χ4v) is 2.47. The molecule has 0 atom stereocenters. The van der Waals surface area contributed by atoms with Crippen LogP contribution in [0, 0.1) is 5.92 Å². The molecule has 25 heavy (non-hydrogen) atoms. The number of carbonyl (C=O) groups excluding carboxylic acids is 1. The largest absolute Gasteiger partial charge is 0.496 e. The van der Waals surface area contributed by atoms with Crippen LogP contribution in [-0.2, 0) is 6.42 Å². The summed E-state index contributed by atoms with van der Waals surface area (Å²) in [6, 6.07) is 9.17. The number of hydrogen-bond donors (Lipinski definition) is 3. The van der Waals surface area contributed by atoms with Crippen LogP contribution in [0.15, 0.2) is 30.3 Å². The lowest BCUT2D eigenvalue weighted by atomic mass is 10.1. The maximum Gasteiger partial charge on any atom is 0.278 e. The molecule has 8 heteroatoms. The van der Waals surface area contributed by atoms with Crippen molar-refractivity contribution in [2.45, 2.75) is 20.3 Å². The number of hydrogen-bond acceptors (Lipinski definition) is 5. The zero-order valence-corrected chi connectivity index (χ0v) is 14.3. The zero-order chi connectivity index (χ0) is 17.8. The van der Waals surface area contributed by atoms with Gasteiger partial charge in [0, 0.05) is 5.69 Å². The molecule has 1 amide bonds. The van der Waals surface area contributed by atoms with Crippen LogP contribution in [0.2, 0.25) is 0 Å². The average molecular weight is 340 g/mol. The van der Waals surface area contributed by atoms with Crippen molar-refractivity contribution in [3.05, 3.63) is 41.7 Å². The SMILES string of the molecule is COc1ccccc1-c1nc(NC(=O)c2cc(CC(C)C)[nH]n2)n[nH]1. The Labute approximate surface area is 145 Å². The van der Waals surface area contributed by atoms with E-state index in [1.54, 1.807) is 13.2 Å². The van der Waals surface area contributed by atoms with Gasteiger partial charge in [0.15, 0.2) is 11.5 Å². The molecule has 0 saturated carbocycles. The minimum atomic E-state index is -0.364. The summed E-state index contributed by atoms with van der Waals surface area (Å²) in [5.41, 5.74) is 1.99. The molecule has 1 aromatic carbocycles. The van der Waals surface area contributed by atoms with Gasteiger partial charge < -0.3 is 4.74 Å². The van der Waals surface area contributed by atoms with Crippen LogP contribution in [0.5, 0.6) is 5.75 Å². The van der Waals surface area contributed by atoms with Crippen molar-refractivity contribution in [1.82, 2.24) is 25.4 Å². The summed E-state index contributed by atoms with van der Waals surface area (Å²) in [4.78, 5) is 16.6. The van der Waals surface area contributed by atoms with Crippen molar-refractivity contribution < 1.29 is 9.53 Å². The van der Waals surface area contributed by atoms with E-state index in [0.29, 0.717) is 23.2 Å². The van der Waals surface area contributed by atoms with Gasteiger partial charge in [-0.2, -0.15) is 10.1 Å². The topological polar surface area (TPSA) is 109 Å². The van der Waals surface area contributed by atoms with Gasteiger partial charge >= 0.3 is 0 Å². The van der Waals surface area contributed by atoms with Gasteiger partial charge in [0.1, 0.15) is 5.75 Å². The highest BCUT2D eigenvalue weighted by Gasteiger charge is 2.15. The van der Waals surface area contributed by atoms with Crippen molar-refractivity contribution >= 4 is 11.9 Å². The van der Waals surface area contributed by atoms with Gasteiger partial charge in [-0.15, -0.1) is 5.10 Å². The van der Waals surface area contributed by atoms with Crippen molar-refractivity contribution in [3.63, 3.8) is 0 Å². The molecule has 0 aliphatic heterocycles. The van der Waals surface area contributed by atoms with E-state index in [2.05, 4.69) is 44.5 Å². The van der Waals surface area contributed by atoms with Crippen LogP contribution in [0.3, 0.4) is 0 Å². The van der Waals surface area contributed by atoms with Gasteiger partial charge in [-0.25, -0.2) is 0 Å². The Balaban J connectivity index is 1.73. The molecule has 0 unspecified atom stereocenters. The van der Waals surface area contributed by atoms with E-state index < -0.39 is 0 Å². The molecule has 0 saturated heterocycles. The molecule has 0 aliphatic rings. The lowest BCUT2D eigenvalue weighted by Gasteiger charge is -2.04. The highest BCUT2D eigenvalue weighted by atomic mass is 16.5. The Morgan fingerprint density at radius 3 is 2.80 bits per heavy atom. The Morgan fingerprint density at radius 2 is 2.04 bits per heavy atom. The number of carbonyl (C=O) groups is 1. The van der Waals surface area contributed by atoms with E-state index >= 15 is 0 Å². The highest BCUT2D eigenvalue weighted by molar-refractivity contribution is 6.01. The Morgan fingerprint density at radius 1 is 1.24 bits per heavy atom. The van der Waals surface area contributed by atoms with Gasteiger partial charge in [0.05, 0.1) is 12.7 Å². The first-order valence-corrected chi connectivity index (χ1v) is 7.98. The van der Waals surface area contributed by atoms with E-state index in [1.807, 2.05) is 24.3 Å². The zero-order valence-electron chi connectivity index (χ0n) is 14.3. The van der Waals surface area contributed by atoms with E-state index in [-0.39, 0.29) is 11.9 Å². The van der Waals surface area contributed by atoms with Crippen molar-refractivity contribution in [1.29, 1.82) is 0 Å². The first kappa shape index (κ1) is 16.7. The molecule has 2 heterocycles. The molecule has 0 aliphatic carbocycles. The monoisotopic (exact) mass is 340 g/mol. The predicted octanol–water partition coefficient (Wildman–Crippen LogP) is 2.65. The van der Waals surface area contributed by atoms with Crippen LogP contribution < -0.4 is 10.1 Å². The first-order valence-electron chi connectivity index (χ1n) is 7.98. The number of nitrogens with one attached hydrogen (secondary N) is 3. The summed E-state index contributed by atoms with van der Waals surface area (Å²) in [5, 5.41) is 16.4. The summed E-state index contributed by atoms with van der Waals surface area (Å²) >= 11 is 0. The predicted molar refractivity (Wildman–Crippen MR) is 93.5 cm³/mol. The van der Waals surface area contributed by atoms with Crippen molar-refractivity contribution in [2.24, 2.45) is 5.92 Å². The maximum absolute atomic E-state index is 12.3. The molecule has 0 spiro atoms. The molecule has 3 N–H and O–H groups in total. The number of para-hydroxylation sites is 1. The summed E-state index contributed by atoms with van der Waals surface area (Å²) in [5.74, 6) is 1.47. The van der Waals surface area contributed by atoms with Crippen LogP contribution in [0.4, 0.5) is 5.95 Å². The second-order valence-electron chi connectivity index (χ2n) is 6.04. The number of nitrogens with zero attached hydrogens (tertiary/aromatic N) is 3. The molecule has 3 aromatic rings. The normalized spacial score (nSPS) is 10.9. The Hall–Kier alpha value is -3.16. The minimum absolute atomic E-state index is 0.180. The lowest BCUT2D eigenvalue weighted by molar-refractivity contribution is 0.102. The number of benzene rings is 1.